The maximum atomic E-state index is 12.7. The van der Waals surface area contributed by atoms with Crippen molar-refractivity contribution in [3.05, 3.63) is 41.5 Å². The zero-order valence-electron chi connectivity index (χ0n) is 12.1. The number of carbonyl (C=O) groups is 2. The molecule has 1 aliphatic carbocycles. The van der Waals surface area contributed by atoms with Crippen LogP contribution in [-0.4, -0.2) is 28.2 Å². The summed E-state index contributed by atoms with van der Waals surface area (Å²) in [6.07, 6.45) is -3.63. The molecule has 6 nitrogen and oxygen atoms in total. The quantitative estimate of drug-likeness (QED) is 0.762. The van der Waals surface area contributed by atoms with E-state index in [9.17, 15) is 22.8 Å². The number of nitrogens with one attached hydrogen (secondary N) is 1. The molecular formula is C15H11F3N4O2. The van der Waals surface area contributed by atoms with Gasteiger partial charge in [0.25, 0.3) is 0 Å². The molecule has 0 aliphatic heterocycles. The summed E-state index contributed by atoms with van der Waals surface area (Å²) in [5.41, 5.74) is 6.19. The van der Waals surface area contributed by atoms with E-state index < -0.39 is 17.8 Å². The van der Waals surface area contributed by atoms with Crippen molar-refractivity contribution in [3.63, 3.8) is 0 Å². The van der Waals surface area contributed by atoms with Crippen LogP contribution in [0.4, 0.5) is 18.9 Å². The number of aromatic nitrogens is 2. The molecule has 1 aromatic heterocycles. The van der Waals surface area contributed by atoms with Crippen molar-refractivity contribution in [3.8, 4) is 11.1 Å². The third-order valence-electron chi connectivity index (χ3n) is 3.47. The molecule has 0 unspecified atom stereocenters. The van der Waals surface area contributed by atoms with E-state index in [1.807, 2.05) is 0 Å². The van der Waals surface area contributed by atoms with Crippen LogP contribution in [0.5, 0.6) is 0 Å². The van der Waals surface area contributed by atoms with Gasteiger partial charge in [0.15, 0.2) is 0 Å². The largest absolute Gasteiger partial charge is 0.451 e. The molecule has 3 rings (SSSR count). The molecular weight excluding hydrogens is 325 g/mol. The number of fused-ring (bicyclic) bond motifs is 3. The van der Waals surface area contributed by atoms with Crippen molar-refractivity contribution < 1.29 is 22.8 Å². The van der Waals surface area contributed by atoms with Crippen molar-refractivity contribution >= 4 is 17.4 Å². The first-order valence-corrected chi connectivity index (χ1v) is 6.94. The summed E-state index contributed by atoms with van der Waals surface area (Å²) < 4.78 is 38.1. The van der Waals surface area contributed by atoms with Crippen LogP contribution in [0.15, 0.2) is 24.4 Å². The van der Waals surface area contributed by atoms with Crippen molar-refractivity contribution in [2.24, 2.45) is 5.73 Å². The van der Waals surface area contributed by atoms with E-state index in [0.29, 0.717) is 11.3 Å². The molecule has 0 saturated carbocycles. The van der Waals surface area contributed by atoms with Crippen molar-refractivity contribution in [1.29, 1.82) is 0 Å². The molecule has 9 heteroatoms. The molecule has 2 aromatic rings. The SMILES string of the molecule is NCCC(=O)Nc1ccc2c(c1)C(=O)c1nc(C(F)(F)F)ncc1-2. The summed E-state index contributed by atoms with van der Waals surface area (Å²) >= 11 is 0. The Bertz CT molecular complexity index is 849. The highest BCUT2D eigenvalue weighted by Gasteiger charge is 2.38. The molecule has 1 aromatic carbocycles. The third kappa shape index (κ3) is 2.73. The molecule has 0 bridgehead atoms. The smallest absolute Gasteiger partial charge is 0.330 e. The number of alkyl halides is 3. The fourth-order valence-electron chi connectivity index (χ4n) is 2.42. The van der Waals surface area contributed by atoms with E-state index in [1.165, 1.54) is 12.1 Å². The zero-order chi connectivity index (χ0) is 17.5. The number of benzene rings is 1. The summed E-state index contributed by atoms with van der Waals surface area (Å²) in [5.74, 6) is -2.32. The molecule has 0 radical (unpaired) electrons. The Hall–Kier alpha value is -2.81. The summed E-state index contributed by atoms with van der Waals surface area (Å²) in [4.78, 5) is 30.5. The first-order chi connectivity index (χ1) is 11.3. The molecule has 0 atom stereocenters. The van der Waals surface area contributed by atoms with E-state index in [2.05, 4.69) is 15.3 Å². The van der Waals surface area contributed by atoms with E-state index in [4.69, 9.17) is 5.73 Å². The lowest BCUT2D eigenvalue weighted by molar-refractivity contribution is -0.145. The summed E-state index contributed by atoms with van der Waals surface area (Å²) in [5, 5.41) is 2.57. The Labute approximate surface area is 133 Å². The minimum Gasteiger partial charge on any atom is -0.330 e. The zero-order valence-corrected chi connectivity index (χ0v) is 12.1. The highest BCUT2D eigenvalue weighted by Crippen LogP contribution is 2.38. The number of ketones is 1. The lowest BCUT2D eigenvalue weighted by Gasteiger charge is -2.06. The monoisotopic (exact) mass is 336 g/mol. The van der Waals surface area contributed by atoms with E-state index in [1.54, 1.807) is 6.07 Å². The highest BCUT2D eigenvalue weighted by molar-refractivity contribution is 6.21. The van der Waals surface area contributed by atoms with Crippen LogP contribution in [0.3, 0.4) is 0 Å². The average Bonchev–Trinajstić information content (AvgIpc) is 2.79. The number of anilines is 1. The molecule has 0 spiro atoms. The number of nitrogens with two attached hydrogens (primary N) is 1. The second-order valence-corrected chi connectivity index (χ2v) is 5.13. The topological polar surface area (TPSA) is 98.0 Å². The van der Waals surface area contributed by atoms with Gasteiger partial charge in [0.2, 0.25) is 17.5 Å². The molecule has 1 amide bonds. The Morgan fingerprint density at radius 1 is 1.21 bits per heavy atom. The van der Waals surface area contributed by atoms with Crippen LogP contribution in [0.2, 0.25) is 0 Å². The minimum atomic E-state index is -4.73. The number of carbonyl (C=O) groups excluding carboxylic acids is 2. The maximum Gasteiger partial charge on any atom is 0.451 e. The number of amides is 1. The Balaban J connectivity index is 1.98. The highest BCUT2D eigenvalue weighted by atomic mass is 19.4. The van der Waals surface area contributed by atoms with Gasteiger partial charge in [0.1, 0.15) is 5.69 Å². The summed E-state index contributed by atoms with van der Waals surface area (Å²) in [6, 6.07) is 4.49. The molecule has 124 valence electrons. The first kappa shape index (κ1) is 16.1. The Kier molecular flexibility index (Phi) is 3.80. The summed E-state index contributed by atoms with van der Waals surface area (Å²) in [7, 11) is 0. The normalized spacial score (nSPS) is 12.8. The van der Waals surface area contributed by atoms with Gasteiger partial charge in [0, 0.05) is 36.0 Å². The van der Waals surface area contributed by atoms with E-state index in [0.717, 1.165) is 6.20 Å². The first-order valence-electron chi connectivity index (χ1n) is 6.94. The fourth-order valence-corrected chi connectivity index (χ4v) is 2.42. The van der Waals surface area contributed by atoms with Gasteiger partial charge in [-0.2, -0.15) is 13.2 Å². The lowest BCUT2D eigenvalue weighted by Crippen LogP contribution is -2.16. The van der Waals surface area contributed by atoms with Gasteiger partial charge in [-0.3, -0.25) is 9.59 Å². The molecule has 24 heavy (non-hydrogen) atoms. The second-order valence-electron chi connectivity index (χ2n) is 5.13. The van der Waals surface area contributed by atoms with Crippen molar-refractivity contribution in [1.82, 2.24) is 9.97 Å². The minimum absolute atomic E-state index is 0.117. The van der Waals surface area contributed by atoms with Gasteiger partial charge >= 0.3 is 6.18 Å². The van der Waals surface area contributed by atoms with Crippen LogP contribution in [0.25, 0.3) is 11.1 Å². The summed E-state index contributed by atoms with van der Waals surface area (Å²) in [6.45, 7) is 0.178. The molecule has 3 N–H and O–H groups in total. The van der Waals surface area contributed by atoms with Crippen LogP contribution < -0.4 is 11.1 Å². The Morgan fingerprint density at radius 3 is 2.62 bits per heavy atom. The average molecular weight is 336 g/mol. The van der Waals surface area contributed by atoms with Gasteiger partial charge in [0.05, 0.1) is 0 Å². The van der Waals surface area contributed by atoms with Gasteiger partial charge in [-0.25, -0.2) is 9.97 Å². The van der Waals surface area contributed by atoms with Gasteiger partial charge < -0.3 is 11.1 Å². The lowest BCUT2D eigenvalue weighted by atomic mass is 10.1. The molecule has 1 aliphatic rings. The van der Waals surface area contributed by atoms with E-state index in [-0.39, 0.29) is 35.7 Å². The van der Waals surface area contributed by atoms with Gasteiger partial charge in [-0.05, 0) is 17.7 Å². The van der Waals surface area contributed by atoms with Gasteiger partial charge in [-0.1, -0.05) is 6.07 Å². The number of nitrogens with zero attached hydrogens (tertiary/aromatic N) is 2. The third-order valence-corrected chi connectivity index (χ3v) is 3.47. The van der Waals surface area contributed by atoms with Crippen LogP contribution in [-0.2, 0) is 11.0 Å². The predicted octanol–water partition coefficient (Wildman–Crippen LogP) is 1.99. The second kappa shape index (κ2) is 5.68. The number of rotatable bonds is 3. The Morgan fingerprint density at radius 2 is 1.96 bits per heavy atom. The van der Waals surface area contributed by atoms with Gasteiger partial charge in [-0.15, -0.1) is 0 Å². The fraction of sp³-hybridized carbons (Fsp3) is 0.200. The van der Waals surface area contributed by atoms with Crippen LogP contribution in [0.1, 0.15) is 28.3 Å². The maximum absolute atomic E-state index is 12.7. The predicted molar refractivity (Wildman–Crippen MR) is 78.2 cm³/mol. The van der Waals surface area contributed by atoms with Crippen LogP contribution >= 0.6 is 0 Å². The standard InChI is InChI=1S/C15H11F3N4O2/c16-15(17,18)14-20-6-10-8-2-1-7(21-11(23)3-4-19)5-9(8)13(24)12(10)22-14/h1-2,5-6H,3-4,19H2,(H,21,23). The molecule has 0 fully saturated rings. The van der Waals surface area contributed by atoms with E-state index >= 15 is 0 Å². The molecule has 0 saturated heterocycles. The number of hydrogen-bond donors (Lipinski definition) is 2. The molecule has 1 heterocycles. The van der Waals surface area contributed by atoms with Crippen molar-refractivity contribution in [2.75, 3.05) is 11.9 Å². The number of hydrogen-bond acceptors (Lipinski definition) is 5. The van der Waals surface area contributed by atoms with Crippen molar-refractivity contribution in [2.45, 2.75) is 12.6 Å². The van der Waals surface area contributed by atoms with Crippen LogP contribution in [0, 0.1) is 0 Å². The number of halogens is 3.